The van der Waals surface area contributed by atoms with Gasteiger partial charge in [-0.25, -0.2) is 9.78 Å². The van der Waals surface area contributed by atoms with E-state index >= 15 is 0 Å². The Balaban J connectivity index is 1.80. The highest BCUT2D eigenvalue weighted by atomic mass is 32.1. The maximum absolute atomic E-state index is 12.3. The van der Waals surface area contributed by atoms with E-state index in [1.807, 2.05) is 6.92 Å². The summed E-state index contributed by atoms with van der Waals surface area (Å²) in [7, 11) is 1.52. The molecular weight excluding hydrogens is 320 g/mol. The molecular formula is C15H16N2O5S. The van der Waals surface area contributed by atoms with Gasteiger partial charge in [0.25, 0.3) is 5.91 Å². The van der Waals surface area contributed by atoms with Gasteiger partial charge >= 0.3 is 5.97 Å². The van der Waals surface area contributed by atoms with Crippen molar-refractivity contribution in [2.45, 2.75) is 32.0 Å². The Hall–Kier alpha value is -2.19. The highest BCUT2D eigenvalue weighted by molar-refractivity contribution is 7.18. The monoisotopic (exact) mass is 336 g/mol. The Morgan fingerprint density at radius 2 is 2.13 bits per heavy atom. The molecule has 1 fully saturated rings. The third kappa shape index (κ3) is 3.13. The molecule has 2 atom stereocenters. The lowest BCUT2D eigenvalue weighted by Gasteiger charge is -2.14. The van der Waals surface area contributed by atoms with E-state index in [1.165, 1.54) is 18.4 Å². The third-order valence-electron chi connectivity index (χ3n) is 3.66. The first kappa shape index (κ1) is 15.7. The van der Waals surface area contributed by atoms with Gasteiger partial charge in [0.15, 0.2) is 6.10 Å². The van der Waals surface area contributed by atoms with Gasteiger partial charge < -0.3 is 19.9 Å². The van der Waals surface area contributed by atoms with Crippen molar-refractivity contribution in [2.24, 2.45) is 0 Å². The zero-order valence-electron chi connectivity index (χ0n) is 12.7. The van der Waals surface area contributed by atoms with Crippen LogP contribution >= 0.6 is 11.3 Å². The average Bonchev–Trinajstić information content (AvgIpc) is 3.11. The quantitative estimate of drug-likeness (QED) is 0.888. The molecule has 2 aromatic rings. The van der Waals surface area contributed by atoms with E-state index < -0.39 is 18.2 Å². The van der Waals surface area contributed by atoms with Crippen molar-refractivity contribution in [2.75, 3.05) is 12.4 Å². The highest BCUT2D eigenvalue weighted by Gasteiger charge is 2.35. The fourth-order valence-corrected chi connectivity index (χ4v) is 3.41. The van der Waals surface area contributed by atoms with E-state index in [0.29, 0.717) is 24.3 Å². The largest absolute Gasteiger partial charge is 0.494 e. The second-order valence-corrected chi connectivity index (χ2v) is 6.51. The van der Waals surface area contributed by atoms with Crippen molar-refractivity contribution >= 4 is 39.1 Å². The summed E-state index contributed by atoms with van der Waals surface area (Å²) in [4.78, 5) is 27.6. The predicted molar refractivity (Wildman–Crippen MR) is 85.1 cm³/mol. The lowest BCUT2D eigenvalue weighted by Crippen LogP contribution is -2.30. The minimum atomic E-state index is -1.04. The molecule has 7 nitrogen and oxygen atoms in total. The van der Waals surface area contributed by atoms with E-state index in [2.05, 4.69) is 10.3 Å². The smallest absolute Gasteiger partial charge is 0.332 e. The Kier molecular flexibility index (Phi) is 4.18. The summed E-state index contributed by atoms with van der Waals surface area (Å²) in [5.41, 5.74) is 1.33. The molecule has 0 aliphatic carbocycles. The van der Waals surface area contributed by atoms with Crippen LogP contribution in [0.25, 0.3) is 10.2 Å². The van der Waals surface area contributed by atoms with Gasteiger partial charge in [0, 0.05) is 6.07 Å². The number of rotatable bonds is 4. The fourth-order valence-electron chi connectivity index (χ4n) is 2.56. The highest BCUT2D eigenvalue weighted by Crippen LogP contribution is 2.33. The van der Waals surface area contributed by atoms with Crippen LogP contribution in [0.1, 0.15) is 17.8 Å². The Morgan fingerprint density at radius 3 is 2.78 bits per heavy atom. The fraction of sp³-hybridized carbons (Fsp3) is 0.400. The summed E-state index contributed by atoms with van der Waals surface area (Å²) in [6.45, 7) is 1.91. The molecule has 1 aliphatic rings. The number of ether oxygens (including phenoxy) is 2. The molecule has 1 amide bonds. The summed E-state index contributed by atoms with van der Waals surface area (Å²) in [5.74, 6) is -0.906. The first-order valence-corrected chi connectivity index (χ1v) is 7.94. The van der Waals surface area contributed by atoms with E-state index in [4.69, 9.17) is 14.6 Å². The normalized spacial score (nSPS) is 20.6. The SMILES string of the molecule is COc1cc2nc(C)sc2cc1NC(=O)[C@@H]1CC[C@H](C(=O)O)O1. The number of nitrogens with one attached hydrogen (secondary N) is 1. The molecule has 1 saturated heterocycles. The molecule has 1 aliphatic heterocycles. The van der Waals surface area contributed by atoms with Gasteiger partial charge in [-0.1, -0.05) is 0 Å². The number of aromatic nitrogens is 1. The summed E-state index contributed by atoms with van der Waals surface area (Å²) in [6, 6.07) is 3.57. The van der Waals surface area contributed by atoms with Gasteiger partial charge in [-0.15, -0.1) is 11.3 Å². The third-order valence-corrected chi connectivity index (χ3v) is 4.60. The van der Waals surface area contributed by atoms with Crippen LogP contribution in [0.2, 0.25) is 0 Å². The summed E-state index contributed by atoms with van der Waals surface area (Å²) >= 11 is 1.52. The molecule has 0 spiro atoms. The number of benzene rings is 1. The molecule has 2 heterocycles. The Morgan fingerprint density at radius 1 is 1.39 bits per heavy atom. The summed E-state index contributed by atoms with van der Waals surface area (Å²) in [6.07, 6.45) is -0.969. The minimum Gasteiger partial charge on any atom is -0.494 e. The molecule has 0 unspecified atom stereocenters. The maximum Gasteiger partial charge on any atom is 0.332 e. The number of carboxylic acid groups (broad SMARTS) is 1. The number of aliphatic carboxylic acids is 1. The van der Waals surface area contributed by atoms with Gasteiger partial charge in [-0.05, 0) is 25.8 Å². The van der Waals surface area contributed by atoms with Crippen LogP contribution in [0.4, 0.5) is 5.69 Å². The second-order valence-electron chi connectivity index (χ2n) is 5.27. The van der Waals surface area contributed by atoms with Crippen LogP contribution in [0, 0.1) is 6.92 Å². The van der Waals surface area contributed by atoms with Gasteiger partial charge in [-0.3, -0.25) is 4.79 Å². The molecule has 1 aromatic heterocycles. The summed E-state index contributed by atoms with van der Waals surface area (Å²) < 4.78 is 11.5. The van der Waals surface area contributed by atoms with Crippen molar-refractivity contribution in [3.05, 3.63) is 17.1 Å². The maximum atomic E-state index is 12.3. The molecule has 122 valence electrons. The van der Waals surface area contributed by atoms with E-state index in [0.717, 1.165) is 15.2 Å². The standard InChI is InChI=1S/C15H16N2O5S/c1-7-16-9-5-12(21-2)8(6-13(9)23-7)17-14(18)10-3-4-11(22-10)15(19)20/h5-6,10-11H,3-4H2,1-2H3,(H,17,18)(H,19,20)/t10-,11+/m0/s1. The van der Waals surface area contributed by atoms with Gasteiger partial charge in [0.05, 0.1) is 28.0 Å². The van der Waals surface area contributed by atoms with Crippen LogP contribution < -0.4 is 10.1 Å². The predicted octanol–water partition coefficient (Wildman–Crippen LogP) is 2.18. The summed E-state index contributed by atoms with van der Waals surface area (Å²) in [5, 5.41) is 12.6. The molecule has 8 heteroatoms. The molecule has 3 rings (SSSR count). The number of methoxy groups -OCH3 is 1. The van der Waals surface area contributed by atoms with Crippen LogP contribution in [0.5, 0.6) is 5.75 Å². The molecule has 2 N–H and O–H groups in total. The number of amides is 1. The minimum absolute atomic E-state index is 0.331. The number of hydrogen-bond acceptors (Lipinski definition) is 6. The molecule has 0 saturated carbocycles. The number of carbonyl (C=O) groups is 2. The van der Waals surface area contributed by atoms with Crippen molar-refractivity contribution in [3.63, 3.8) is 0 Å². The van der Waals surface area contributed by atoms with Gasteiger partial charge in [-0.2, -0.15) is 0 Å². The van der Waals surface area contributed by atoms with Crippen molar-refractivity contribution in [1.82, 2.24) is 4.98 Å². The van der Waals surface area contributed by atoms with Crippen LogP contribution in [0.15, 0.2) is 12.1 Å². The van der Waals surface area contributed by atoms with Crippen molar-refractivity contribution in [3.8, 4) is 5.75 Å². The van der Waals surface area contributed by atoms with E-state index in [1.54, 1.807) is 12.1 Å². The van der Waals surface area contributed by atoms with Crippen molar-refractivity contribution in [1.29, 1.82) is 0 Å². The molecule has 23 heavy (non-hydrogen) atoms. The molecule has 0 bridgehead atoms. The van der Waals surface area contributed by atoms with Crippen LogP contribution in [-0.4, -0.2) is 41.3 Å². The zero-order chi connectivity index (χ0) is 16.6. The number of carboxylic acids is 1. The lowest BCUT2D eigenvalue weighted by atomic mass is 10.2. The lowest BCUT2D eigenvalue weighted by molar-refractivity contribution is -0.150. The molecule has 0 radical (unpaired) electrons. The topological polar surface area (TPSA) is 97.8 Å². The number of aryl methyl sites for hydroxylation is 1. The van der Waals surface area contributed by atoms with Crippen molar-refractivity contribution < 1.29 is 24.2 Å². The number of fused-ring (bicyclic) bond motifs is 1. The van der Waals surface area contributed by atoms with Gasteiger partial charge in [0.1, 0.15) is 11.9 Å². The van der Waals surface area contributed by atoms with Crippen LogP contribution in [0.3, 0.4) is 0 Å². The Bertz CT molecular complexity index is 773. The second kappa shape index (κ2) is 6.13. The number of nitrogens with zero attached hydrogens (tertiary/aromatic N) is 1. The number of anilines is 1. The van der Waals surface area contributed by atoms with E-state index in [9.17, 15) is 9.59 Å². The molecule has 1 aromatic carbocycles. The Labute approximate surface area is 136 Å². The number of carbonyl (C=O) groups excluding carboxylic acids is 1. The number of hydrogen-bond donors (Lipinski definition) is 2. The van der Waals surface area contributed by atoms with Crippen LogP contribution in [-0.2, 0) is 14.3 Å². The first-order chi connectivity index (χ1) is 11.0. The zero-order valence-corrected chi connectivity index (χ0v) is 13.5. The average molecular weight is 336 g/mol. The number of thiazole rings is 1. The van der Waals surface area contributed by atoms with Gasteiger partial charge in [0.2, 0.25) is 0 Å². The first-order valence-electron chi connectivity index (χ1n) is 7.12. The van der Waals surface area contributed by atoms with E-state index in [-0.39, 0.29) is 5.91 Å².